The summed E-state index contributed by atoms with van der Waals surface area (Å²) in [5.41, 5.74) is 1.43. The van der Waals surface area contributed by atoms with Gasteiger partial charge in [-0.1, -0.05) is 0 Å². The third kappa shape index (κ3) is 2.33. The predicted molar refractivity (Wildman–Crippen MR) is 60.0 cm³/mol. The fourth-order valence-corrected chi connectivity index (χ4v) is 1.77. The van der Waals surface area contributed by atoms with E-state index < -0.39 is 0 Å². The lowest BCUT2D eigenvalue weighted by Gasteiger charge is -2.40. The van der Waals surface area contributed by atoms with E-state index in [1.165, 1.54) is 12.1 Å². The Kier molecular flexibility index (Phi) is 3.12. The molecule has 0 radical (unpaired) electrons. The Morgan fingerprint density at radius 1 is 1.44 bits per heavy atom. The molecule has 0 spiro atoms. The van der Waals surface area contributed by atoms with Crippen LogP contribution in [0.2, 0.25) is 0 Å². The summed E-state index contributed by atoms with van der Waals surface area (Å²) in [6, 6.07) is 4.82. The van der Waals surface area contributed by atoms with Gasteiger partial charge in [-0.05, 0) is 30.7 Å². The van der Waals surface area contributed by atoms with Crippen LogP contribution in [0.25, 0.3) is 0 Å². The van der Waals surface area contributed by atoms with Gasteiger partial charge in [0.05, 0.1) is 25.2 Å². The molecule has 1 saturated heterocycles. The number of halogens is 1. The molecule has 1 aliphatic heterocycles. The molecule has 0 bridgehead atoms. The van der Waals surface area contributed by atoms with Crippen LogP contribution < -0.4 is 5.32 Å². The lowest BCUT2D eigenvalue weighted by atomic mass is 9.87. The van der Waals surface area contributed by atoms with E-state index in [0.29, 0.717) is 19.8 Å². The average molecular weight is 225 g/mol. The van der Waals surface area contributed by atoms with E-state index >= 15 is 0 Å². The molecule has 4 heteroatoms. The van der Waals surface area contributed by atoms with Gasteiger partial charge in [0.25, 0.3) is 0 Å². The highest BCUT2D eigenvalue weighted by atomic mass is 19.1. The first-order valence-electron chi connectivity index (χ1n) is 5.33. The van der Waals surface area contributed by atoms with Gasteiger partial charge in [0.2, 0.25) is 0 Å². The minimum Gasteiger partial charge on any atom is -0.396 e. The number of hydrogen-bond donors (Lipinski definition) is 2. The summed E-state index contributed by atoms with van der Waals surface area (Å²) in [6.07, 6.45) is 0. The molecule has 88 valence electrons. The maximum absolute atomic E-state index is 13.1. The van der Waals surface area contributed by atoms with Gasteiger partial charge in [0.15, 0.2) is 0 Å². The predicted octanol–water partition coefficient (Wildman–Crippen LogP) is 1.55. The summed E-state index contributed by atoms with van der Waals surface area (Å²) < 4.78 is 18.2. The molecule has 3 nitrogen and oxygen atoms in total. The summed E-state index contributed by atoms with van der Waals surface area (Å²) >= 11 is 0. The van der Waals surface area contributed by atoms with Crippen molar-refractivity contribution >= 4 is 5.69 Å². The molecular formula is C12H16FNO2. The van der Waals surface area contributed by atoms with Crippen LogP contribution in [-0.4, -0.2) is 31.5 Å². The molecule has 0 atom stereocenters. The van der Waals surface area contributed by atoms with Gasteiger partial charge < -0.3 is 15.2 Å². The van der Waals surface area contributed by atoms with Crippen LogP contribution in [0.3, 0.4) is 0 Å². The quantitative estimate of drug-likeness (QED) is 0.817. The van der Waals surface area contributed by atoms with Crippen molar-refractivity contribution in [3.05, 3.63) is 29.6 Å². The highest BCUT2D eigenvalue weighted by molar-refractivity contribution is 5.46. The zero-order chi connectivity index (χ0) is 11.6. The molecule has 0 amide bonds. The van der Waals surface area contributed by atoms with Crippen molar-refractivity contribution in [1.82, 2.24) is 0 Å². The van der Waals surface area contributed by atoms with E-state index in [2.05, 4.69) is 5.32 Å². The second-order valence-electron chi connectivity index (χ2n) is 4.52. The van der Waals surface area contributed by atoms with Crippen LogP contribution in [0.1, 0.15) is 5.56 Å². The molecule has 16 heavy (non-hydrogen) atoms. The molecule has 0 saturated carbocycles. The zero-order valence-corrected chi connectivity index (χ0v) is 9.29. The Bertz CT molecular complexity index is 352. The molecule has 1 heterocycles. The molecule has 1 aromatic rings. The minimum absolute atomic E-state index is 0.0916. The van der Waals surface area contributed by atoms with Crippen LogP contribution in [-0.2, 0) is 4.74 Å². The molecule has 1 aliphatic rings. The summed E-state index contributed by atoms with van der Waals surface area (Å²) in [5, 5.41) is 12.4. The van der Waals surface area contributed by atoms with E-state index in [4.69, 9.17) is 4.74 Å². The van der Waals surface area contributed by atoms with Crippen LogP contribution >= 0.6 is 0 Å². The molecule has 0 aliphatic carbocycles. The van der Waals surface area contributed by atoms with Crippen molar-refractivity contribution < 1.29 is 14.2 Å². The Balaban J connectivity index is 1.98. The highest BCUT2D eigenvalue weighted by Gasteiger charge is 2.37. The monoisotopic (exact) mass is 225 g/mol. The number of hydrogen-bond acceptors (Lipinski definition) is 3. The van der Waals surface area contributed by atoms with Gasteiger partial charge in [0.1, 0.15) is 5.82 Å². The second kappa shape index (κ2) is 4.39. The van der Waals surface area contributed by atoms with Gasteiger partial charge in [-0.3, -0.25) is 0 Å². The summed E-state index contributed by atoms with van der Waals surface area (Å²) in [6.45, 7) is 3.67. The number of aryl methyl sites for hydroxylation is 1. The number of nitrogens with one attached hydrogen (secondary N) is 1. The number of aliphatic hydroxyl groups excluding tert-OH is 1. The fourth-order valence-electron chi connectivity index (χ4n) is 1.77. The summed E-state index contributed by atoms with van der Waals surface area (Å²) in [7, 11) is 0. The van der Waals surface area contributed by atoms with E-state index in [9.17, 15) is 9.50 Å². The van der Waals surface area contributed by atoms with Crippen molar-refractivity contribution in [2.75, 3.05) is 31.7 Å². The Hall–Kier alpha value is -1.13. The number of anilines is 1. The molecule has 1 fully saturated rings. The third-order valence-electron chi connectivity index (χ3n) is 2.86. The smallest absolute Gasteiger partial charge is 0.125 e. The third-order valence-corrected chi connectivity index (χ3v) is 2.86. The van der Waals surface area contributed by atoms with Gasteiger partial charge in [-0.25, -0.2) is 4.39 Å². The highest BCUT2D eigenvalue weighted by Crippen LogP contribution is 2.27. The van der Waals surface area contributed by atoms with Gasteiger partial charge in [-0.15, -0.1) is 0 Å². The van der Waals surface area contributed by atoms with Crippen molar-refractivity contribution in [3.8, 4) is 0 Å². The molecule has 2 rings (SSSR count). The molecule has 1 aromatic carbocycles. The van der Waals surface area contributed by atoms with Gasteiger partial charge in [0, 0.05) is 12.2 Å². The first kappa shape index (κ1) is 11.4. The van der Waals surface area contributed by atoms with Crippen LogP contribution in [0.5, 0.6) is 0 Å². The molecule has 2 N–H and O–H groups in total. The van der Waals surface area contributed by atoms with Gasteiger partial charge >= 0.3 is 0 Å². The SMILES string of the molecule is Cc1cc(F)cc(NCC2(CO)COC2)c1. The number of benzene rings is 1. The number of rotatable bonds is 4. The Morgan fingerprint density at radius 2 is 2.19 bits per heavy atom. The van der Waals surface area contributed by atoms with Crippen molar-refractivity contribution in [3.63, 3.8) is 0 Å². The minimum atomic E-state index is -0.245. The van der Waals surface area contributed by atoms with E-state index in [0.717, 1.165) is 11.3 Å². The maximum atomic E-state index is 13.1. The van der Waals surface area contributed by atoms with Crippen molar-refractivity contribution in [2.45, 2.75) is 6.92 Å². The largest absolute Gasteiger partial charge is 0.396 e. The summed E-state index contributed by atoms with van der Waals surface area (Å²) in [5.74, 6) is -0.245. The first-order valence-corrected chi connectivity index (χ1v) is 5.33. The van der Waals surface area contributed by atoms with Crippen molar-refractivity contribution in [2.24, 2.45) is 5.41 Å². The second-order valence-corrected chi connectivity index (χ2v) is 4.52. The van der Waals surface area contributed by atoms with E-state index in [1.54, 1.807) is 0 Å². The standard InChI is InChI=1S/C12H16FNO2/c1-9-2-10(13)4-11(3-9)14-5-12(6-15)7-16-8-12/h2-4,14-15H,5-8H2,1H3. The average Bonchev–Trinajstić information content (AvgIpc) is 2.15. The first-order chi connectivity index (χ1) is 7.63. The zero-order valence-electron chi connectivity index (χ0n) is 9.29. The van der Waals surface area contributed by atoms with Gasteiger partial charge in [-0.2, -0.15) is 0 Å². The molecular weight excluding hydrogens is 209 g/mol. The van der Waals surface area contributed by atoms with E-state index in [-0.39, 0.29) is 17.8 Å². The number of aliphatic hydroxyl groups is 1. The Morgan fingerprint density at radius 3 is 2.69 bits per heavy atom. The normalized spacial score (nSPS) is 17.9. The van der Waals surface area contributed by atoms with Crippen molar-refractivity contribution in [1.29, 1.82) is 0 Å². The fraction of sp³-hybridized carbons (Fsp3) is 0.500. The Labute approximate surface area is 94.2 Å². The van der Waals surface area contributed by atoms with Crippen LogP contribution in [0, 0.1) is 18.2 Å². The van der Waals surface area contributed by atoms with Crippen LogP contribution in [0.15, 0.2) is 18.2 Å². The van der Waals surface area contributed by atoms with Crippen LogP contribution in [0.4, 0.5) is 10.1 Å². The maximum Gasteiger partial charge on any atom is 0.125 e. The molecule has 0 unspecified atom stereocenters. The summed E-state index contributed by atoms with van der Waals surface area (Å²) in [4.78, 5) is 0. The van der Waals surface area contributed by atoms with E-state index in [1.807, 2.05) is 13.0 Å². The molecule has 0 aromatic heterocycles. The lowest BCUT2D eigenvalue weighted by Crippen LogP contribution is -2.50. The lowest BCUT2D eigenvalue weighted by molar-refractivity contribution is -0.128. The topological polar surface area (TPSA) is 41.5 Å². The number of ether oxygens (including phenoxy) is 1.